The van der Waals surface area contributed by atoms with E-state index in [4.69, 9.17) is 5.73 Å². The second-order valence-electron chi connectivity index (χ2n) is 11.5. The first kappa shape index (κ1) is 22.8. The molecule has 4 atom stereocenters. The molecule has 0 spiro atoms. The molecule has 3 fully saturated rings. The number of amides is 3. The summed E-state index contributed by atoms with van der Waals surface area (Å²) in [6.07, 6.45) is 4.77. The lowest BCUT2D eigenvalue weighted by atomic mass is 9.55. The number of likely N-dealkylation sites (tertiary alicyclic amines) is 1. The molecule has 1 aliphatic heterocycles. The number of hydrogen-bond acceptors (Lipinski definition) is 4. The molecule has 0 aromatic heterocycles. The average Bonchev–Trinajstić information content (AvgIpc) is 2.89. The summed E-state index contributed by atoms with van der Waals surface area (Å²) in [6.45, 7) is 11.0. The maximum absolute atomic E-state index is 13.3. The zero-order valence-electron chi connectivity index (χ0n) is 19.0. The van der Waals surface area contributed by atoms with Crippen molar-refractivity contribution in [2.75, 3.05) is 6.54 Å². The van der Waals surface area contributed by atoms with Crippen molar-refractivity contribution in [1.82, 2.24) is 10.2 Å². The van der Waals surface area contributed by atoms with Crippen LogP contribution < -0.4 is 11.1 Å². The molecule has 7 nitrogen and oxygen atoms in total. The summed E-state index contributed by atoms with van der Waals surface area (Å²) >= 11 is 0. The van der Waals surface area contributed by atoms with E-state index in [2.05, 4.69) is 19.2 Å². The van der Waals surface area contributed by atoms with Crippen molar-refractivity contribution < 1.29 is 19.2 Å². The van der Waals surface area contributed by atoms with Crippen LogP contribution >= 0.6 is 0 Å². The molecule has 3 rings (SSSR count). The lowest BCUT2D eigenvalue weighted by Gasteiger charge is -2.48. The smallest absolute Gasteiger partial charge is 0.287 e. The first-order valence-corrected chi connectivity index (χ1v) is 11.2. The van der Waals surface area contributed by atoms with Crippen LogP contribution in [0.1, 0.15) is 73.1 Å². The van der Waals surface area contributed by atoms with E-state index in [1.54, 1.807) is 4.90 Å². The van der Waals surface area contributed by atoms with Gasteiger partial charge in [0.1, 0.15) is 6.04 Å². The van der Waals surface area contributed by atoms with Crippen LogP contribution in [0.3, 0.4) is 0 Å². The van der Waals surface area contributed by atoms with Crippen molar-refractivity contribution in [3.05, 3.63) is 0 Å². The van der Waals surface area contributed by atoms with Crippen LogP contribution in [-0.2, 0) is 19.2 Å². The average molecular weight is 420 g/mol. The summed E-state index contributed by atoms with van der Waals surface area (Å²) < 4.78 is 0. The number of nitrogens with one attached hydrogen (secondary N) is 1. The Bertz CT molecular complexity index is 735. The van der Waals surface area contributed by atoms with Gasteiger partial charge in [0.15, 0.2) is 0 Å². The first-order valence-electron chi connectivity index (χ1n) is 11.2. The highest BCUT2D eigenvalue weighted by molar-refractivity contribution is 6.37. The molecule has 0 bridgehead atoms. The molecule has 4 unspecified atom stereocenters. The second-order valence-corrected chi connectivity index (χ2v) is 11.5. The number of ketones is 1. The van der Waals surface area contributed by atoms with Crippen LogP contribution in [0.2, 0.25) is 0 Å². The number of nitrogens with two attached hydrogens (primary N) is 1. The molecule has 168 valence electrons. The molecular weight excluding hydrogens is 382 g/mol. The number of primary amides is 1. The van der Waals surface area contributed by atoms with Gasteiger partial charge in [0, 0.05) is 13.0 Å². The predicted octanol–water partition coefficient (Wildman–Crippen LogP) is 2.03. The van der Waals surface area contributed by atoms with Crippen LogP contribution in [0.4, 0.5) is 0 Å². The molecule has 0 radical (unpaired) electrons. The number of nitrogens with zero attached hydrogens (tertiary/aromatic N) is 1. The van der Waals surface area contributed by atoms with E-state index in [1.165, 1.54) is 0 Å². The molecule has 1 saturated heterocycles. The van der Waals surface area contributed by atoms with E-state index in [0.29, 0.717) is 25.3 Å². The van der Waals surface area contributed by atoms with Gasteiger partial charge in [-0.25, -0.2) is 0 Å². The number of Topliss-reactive ketones (excluding diaryl/α,β-unsaturated/α-hetero) is 1. The molecule has 3 amide bonds. The molecule has 0 aromatic carbocycles. The summed E-state index contributed by atoms with van der Waals surface area (Å²) in [5.74, 6) is -1.41. The molecule has 1 heterocycles. The maximum atomic E-state index is 13.3. The van der Waals surface area contributed by atoms with Crippen molar-refractivity contribution in [3.63, 3.8) is 0 Å². The SMILES string of the molecule is CC(C)(C)CC(=O)N1CC2C(CC2(C)C)C1C(=O)NC(CC1CCC1)C(=O)C(N)=O. The number of rotatable bonds is 7. The van der Waals surface area contributed by atoms with Gasteiger partial charge in [-0.15, -0.1) is 0 Å². The zero-order chi connectivity index (χ0) is 22.4. The maximum Gasteiger partial charge on any atom is 0.287 e. The Balaban J connectivity index is 1.78. The zero-order valence-corrected chi connectivity index (χ0v) is 19.0. The van der Waals surface area contributed by atoms with Crippen molar-refractivity contribution in [1.29, 1.82) is 0 Å². The molecule has 2 aliphatic carbocycles. The summed E-state index contributed by atoms with van der Waals surface area (Å²) in [5.41, 5.74) is 5.15. The molecule has 2 saturated carbocycles. The Kier molecular flexibility index (Phi) is 6.04. The Labute approximate surface area is 179 Å². The van der Waals surface area contributed by atoms with Gasteiger partial charge >= 0.3 is 0 Å². The Morgan fingerprint density at radius 1 is 1.17 bits per heavy atom. The third-order valence-corrected chi connectivity index (χ3v) is 7.36. The highest BCUT2D eigenvalue weighted by Gasteiger charge is 2.60. The van der Waals surface area contributed by atoms with Gasteiger partial charge in [-0.2, -0.15) is 0 Å². The quantitative estimate of drug-likeness (QED) is 0.615. The largest absolute Gasteiger partial charge is 0.363 e. The van der Waals surface area contributed by atoms with Gasteiger partial charge in [0.05, 0.1) is 6.04 Å². The van der Waals surface area contributed by atoms with E-state index in [0.717, 1.165) is 25.7 Å². The molecule has 3 aliphatic rings. The van der Waals surface area contributed by atoms with Crippen LogP contribution in [0.25, 0.3) is 0 Å². The van der Waals surface area contributed by atoms with Crippen LogP contribution in [-0.4, -0.2) is 47.0 Å². The fraction of sp³-hybridized carbons (Fsp3) is 0.826. The standard InChI is InChI=1S/C23H37N3O4/c1-22(2,3)11-17(27)26-12-15-14(10-23(15,4)5)18(26)21(30)25-16(19(28)20(24)29)9-13-7-6-8-13/h13-16,18H,6-12H2,1-5H3,(H2,24,29)(H,25,30). The van der Waals surface area contributed by atoms with Crippen molar-refractivity contribution in [2.45, 2.75) is 85.2 Å². The number of carbonyl (C=O) groups excluding carboxylic acids is 4. The Morgan fingerprint density at radius 2 is 1.80 bits per heavy atom. The summed E-state index contributed by atoms with van der Waals surface area (Å²) in [4.78, 5) is 52.0. The molecule has 30 heavy (non-hydrogen) atoms. The molecular formula is C23H37N3O4. The summed E-state index contributed by atoms with van der Waals surface area (Å²) in [6, 6.07) is -1.48. The Morgan fingerprint density at radius 3 is 2.27 bits per heavy atom. The van der Waals surface area contributed by atoms with Gasteiger partial charge in [-0.3, -0.25) is 19.2 Å². The first-order chi connectivity index (χ1) is 13.8. The van der Waals surface area contributed by atoms with E-state index < -0.39 is 23.8 Å². The molecule has 0 aromatic rings. The molecule has 3 N–H and O–H groups in total. The van der Waals surface area contributed by atoms with Gasteiger partial charge in [0.25, 0.3) is 5.91 Å². The van der Waals surface area contributed by atoms with Gasteiger partial charge in [-0.1, -0.05) is 53.9 Å². The normalized spacial score (nSPS) is 28.7. The lowest BCUT2D eigenvalue weighted by Crippen LogP contribution is -2.56. The van der Waals surface area contributed by atoms with E-state index in [1.807, 2.05) is 20.8 Å². The highest BCUT2D eigenvalue weighted by atomic mass is 16.2. The topological polar surface area (TPSA) is 110 Å². The van der Waals surface area contributed by atoms with Crippen LogP contribution in [0.5, 0.6) is 0 Å². The predicted molar refractivity (Wildman–Crippen MR) is 113 cm³/mol. The van der Waals surface area contributed by atoms with Crippen LogP contribution in [0, 0.1) is 28.6 Å². The third-order valence-electron chi connectivity index (χ3n) is 7.36. The summed E-state index contributed by atoms with van der Waals surface area (Å²) in [5, 5.41) is 2.82. The highest BCUT2D eigenvalue weighted by Crippen LogP contribution is 2.57. The minimum absolute atomic E-state index is 0.0235. The van der Waals surface area contributed by atoms with Gasteiger partial charge in [0.2, 0.25) is 17.6 Å². The van der Waals surface area contributed by atoms with E-state index in [9.17, 15) is 19.2 Å². The second kappa shape index (κ2) is 7.97. The fourth-order valence-electron chi connectivity index (χ4n) is 5.46. The Hall–Kier alpha value is -1.92. The van der Waals surface area contributed by atoms with Crippen molar-refractivity contribution in [3.8, 4) is 0 Å². The summed E-state index contributed by atoms with van der Waals surface area (Å²) in [7, 11) is 0. The van der Waals surface area contributed by atoms with Crippen LogP contribution in [0.15, 0.2) is 0 Å². The monoisotopic (exact) mass is 419 g/mol. The van der Waals surface area contributed by atoms with Gasteiger partial charge < -0.3 is 16.0 Å². The minimum Gasteiger partial charge on any atom is -0.363 e. The molecule has 7 heteroatoms. The lowest BCUT2D eigenvalue weighted by molar-refractivity contribution is -0.143. The van der Waals surface area contributed by atoms with Crippen molar-refractivity contribution >= 4 is 23.5 Å². The van der Waals surface area contributed by atoms with E-state index >= 15 is 0 Å². The van der Waals surface area contributed by atoms with E-state index in [-0.39, 0.29) is 34.5 Å². The van der Waals surface area contributed by atoms with Crippen molar-refractivity contribution in [2.24, 2.45) is 34.3 Å². The number of hydrogen-bond donors (Lipinski definition) is 2. The number of carbonyl (C=O) groups is 4. The third kappa shape index (κ3) is 4.54. The fourth-order valence-corrected chi connectivity index (χ4v) is 5.46. The minimum atomic E-state index is -1.02. The number of fused-ring (bicyclic) bond motifs is 1. The van der Waals surface area contributed by atoms with Gasteiger partial charge in [-0.05, 0) is 41.4 Å².